The summed E-state index contributed by atoms with van der Waals surface area (Å²) in [5.41, 5.74) is 6.45. The van der Waals surface area contributed by atoms with Gasteiger partial charge in [-0.25, -0.2) is 8.78 Å². The topological polar surface area (TPSA) is 306 Å². The van der Waals surface area contributed by atoms with Gasteiger partial charge in [-0.15, -0.1) is 0 Å². The van der Waals surface area contributed by atoms with Crippen molar-refractivity contribution in [3.8, 4) is 6.07 Å². The van der Waals surface area contributed by atoms with Crippen LogP contribution < -0.4 is 32.3 Å². The number of likely N-dealkylation sites (tertiary alicyclic amines) is 1. The monoisotopic (exact) mass is 807 g/mol. The molecule has 1 aromatic heterocycles. The van der Waals surface area contributed by atoms with Gasteiger partial charge >= 0.3 is 11.9 Å². The number of benzene rings is 1. The first kappa shape index (κ1) is 44.9. The number of nitrogens with one attached hydrogen (secondary N) is 5. The molecule has 1 aromatic carbocycles. The van der Waals surface area contributed by atoms with Gasteiger partial charge in [-0.1, -0.05) is 12.1 Å². The number of carboxylic acids is 2. The summed E-state index contributed by atoms with van der Waals surface area (Å²) in [6.45, 7) is -1.37. The molecular formula is C34H43F2N9O10S. The summed E-state index contributed by atoms with van der Waals surface area (Å²) >= 11 is 3.86. The Morgan fingerprint density at radius 1 is 1.07 bits per heavy atom. The number of unbranched alkanes of at least 4 members (excludes halogenated alkanes) is 1. The number of hydrogen-bond donors (Lipinski definition) is 10. The van der Waals surface area contributed by atoms with Crippen LogP contribution in [0.2, 0.25) is 0 Å². The van der Waals surface area contributed by atoms with Gasteiger partial charge in [0.1, 0.15) is 18.3 Å². The van der Waals surface area contributed by atoms with Crippen LogP contribution in [-0.2, 0) is 28.8 Å². The van der Waals surface area contributed by atoms with E-state index in [1.165, 1.54) is 18.3 Å². The smallest absolute Gasteiger partial charge is 0.321 e. The molecule has 1 aliphatic rings. The lowest BCUT2D eigenvalue weighted by molar-refractivity contribution is -0.140. The van der Waals surface area contributed by atoms with Gasteiger partial charge in [-0.3, -0.25) is 43.9 Å². The van der Waals surface area contributed by atoms with Crippen LogP contribution in [0.3, 0.4) is 0 Å². The normalized spacial score (nSPS) is 16.8. The fourth-order valence-corrected chi connectivity index (χ4v) is 5.90. The Kier molecular flexibility index (Phi) is 16.8. The van der Waals surface area contributed by atoms with Crippen molar-refractivity contribution in [2.45, 2.75) is 81.3 Å². The highest BCUT2D eigenvalue weighted by Crippen LogP contribution is 2.31. The van der Waals surface area contributed by atoms with Crippen LogP contribution in [0.5, 0.6) is 0 Å². The molecule has 304 valence electrons. The number of carbonyl (C=O) groups excluding carboxylic acids is 5. The van der Waals surface area contributed by atoms with E-state index in [1.54, 1.807) is 18.2 Å². The molecule has 19 nitrogen and oxygen atoms in total. The molecule has 1 fully saturated rings. The molecular weight excluding hydrogens is 764 g/mol. The predicted octanol–water partition coefficient (Wildman–Crippen LogP) is -0.693. The third-order valence-corrected chi connectivity index (χ3v) is 8.93. The highest BCUT2D eigenvalue weighted by atomic mass is 32.1. The number of nitrogens with two attached hydrogens (primary N) is 1. The van der Waals surface area contributed by atoms with E-state index in [0.29, 0.717) is 18.2 Å². The van der Waals surface area contributed by atoms with Gasteiger partial charge in [0.25, 0.3) is 11.8 Å². The van der Waals surface area contributed by atoms with E-state index in [2.05, 4.69) is 44.2 Å². The summed E-state index contributed by atoms with van der Waals surface area (Å²) in [5.74, 6) is -9.43. The number of rotatable bonds is 21. The van der Waals surface area contributed by atoms with E-state index in [0.717, 1.165) is 4.90 Å². The molecule has 1 aliphatic heterocycles. The highest BCUT2D eigenvalue weighted by Gasteiger charge is 2.47. The number of alkyl halides is 2. The fourth-order valence-electron chi connectivity index (χ4n) is 5.64. The van der Waals surface area contributed by atoms with Gasteiger partial charge in [-0.2, -0.15) is 17.9 Å². The van der Waals surface area contributed by atoms with Crippen LogP contribution in [0.25, 0.3) is 10.9 Å². The van der Waals surface area contributed by atoms with Crippen molar-refractivity contribution in [2.75, 3.05) is 30.7 Å². The van der Waals surface area contributed by atoms with Crippen molar-refractivity contribution >= 4 is 70.7 Å². The zero-order valence-corrected chi connectivity index (χ0v) is 30.8. The number of halogens is 2. The number of para-hydroxylation sites is 1. The van der Waals surface area contributed by atoms with Crippen molar-refractivity contribution in [1.29, 1.82) is 5.26 Å². The van der Waals surface area contributed by atoms with Gasteiger partial charge in [0, 0.05) is 43.1 Å². The zero-order valence-electron chi connectivity index (χ0n) is 29.9. The van der Waals surface area contributed by atoms with Gasteiger partial charge in [0.2, 0.25) is 23.6 Å². The van der Waals surface area contributed by atoms with E-state index in [-0.39, 0.29) is 48.3 Å². The van der Waals surface area contributed by atoms with Crippen LogP contribution in [-0.4, -0.2) is 128 Å². The third-order valence-electron chi connectivity index (χ3n) is 8.57. The maximum absolute atomic E-state index is 13.7. The number of aliphatic carboxylic acids is 2. The Morgan fingerprint density at radius 2 is 1.79 bits per heavy atom. The average molecular weight is 808 g/mol. The Bertz CT molecular complexity index is 1830. The number of nitrogens with zero attached hydrogens (tertiary/aromatic N) is 3. The molecule has 2 unspecified atom stereocenters. The lowest BCUT2D eigenvalue weighted by Crippen LogP contribution is -2.57. The highest BCUT2D eigenvalue weighted by molar-refractivity contribution is 7.80. The molecule has 0 saturated carbocycles. The molecule has 0 radical (unpaired) electrons. The SMILES string of the molecule is N#C[C@@H]1CC(F)(F)CN1C(=O)CNC(=O)c1ccnc2c(NC(=O)CCC(=O)NCCCCC(N)C(=O)N[C@@H](CC(=O)O)C(O)N[C@@H](CS)C(=O)O)cccc12. The summed E-state index contributed by atoms with van der Waals surface area (Å²) in [7, 11) is 0. The second kappa shape index (κ2) is 21.0. The zero-order chi connectivity index (χ0) is 41.6. The van der Waals surface area contributed by atoms with E-state index >= 15 is 0 Å². The number of aromatic nitrogens is 1. The van der Waals surface area contributed by atoms with Crippen LogP contribution >= 0.6 is 12.6 Å². The van der Waals surface area contributed by atoms with Crippen molar-refractivity contribution in [1.82, 2.24) is 31.2 Å². The average Bonchev–Trinajstić information content (AvgIpc) is 3.48. The molecule has 0 aliphatic carbocycles. The number of amides is 5. The first-order valence-electron chi connectivity index (χ1n) is 17.3. The lowest BCUT2D eigenvalue weighted by Gasteiger charge is -2.27. The largest absolute Gasteiger partial charge is 0.481 e. The van der Waals surface area contributed by atoms with Gasteiger partial charge < -0.3 is 47.2 Å². The number of aliphatic hydroxyl groups is 1. The quantitative estimate of drug-likeness (QED) is 0.0424. The van der Waals surface area contributed by atoms with Gasteiger partial charge in [0.15, 0.2) is 0 Å². The van der Waals surface area contributed by atoms with Gasteiger partial charge in [-0.05, 0) is 31.4 Å². The Hall–Kier alpha value is -5.50. The third kappa shape index (κ3) is 13.4. The molecule has 3 rings (SSSR count). The second-order valence-corrected chi connectivity index (χ2v) is 13.2. The standard InChI is InChI=1S/C34H43F2N9O10S/c35-34(36)13-18(14-37)45(17-34)27(48)15-41-30(51)20-9-11-40-29-19(20)4-3-6-22(29)42-26(47)8-7-25(46)39-10-2-1-5-21(38)31(52)43-23(12-28(49)50)32(53)44-24(16-56)33(54)55/h3-4,6,9,11,18,21,23-24,32,44,53,56H,1-2,5,7-8,10,12-13,15-17,38H2,(H,39,46)(H,41,51)(H,42,47)(H,43,52)(H,49,50)(H,54,55)/t18-,21?,23-,24-,32?/m0/s1. The summed E-state index contributed by atoms with van der Waals surface area (Å²) in [5, 5.41) is 50.3. The van der Waals surface area contributed by atoms with Crippen LogP contribution in [0.1, 0.15) is 55.3 Å². The lowest BCUT2D eigenvalue weighted by atomic mass is 10.1. The molecule has 10 N–H and O–H groups in total. The molecule has 5 amide bonds. The number of nitriles is 1. The summed E-state index contributed by atoms with van der Waals surface area (Å²) in [6, 6.07) is 2.55. The molecule has 0 bridgehead atoms. The second-order valence-electron chi connectivity index (χ2n) is 12.9. The number of fused-ring (bicyclic) bond motifs is 1. The Balaban J connectivity index is 1.42. The molecule has 2 heterocycles. The van der Waals surface area contributed by atoms with Crippen molar-refractivity contribution in [3.63, 3.8) is 0 Å². The number of pyridine rings is 1. The van der Waals surface area contributed by atoms with E-state index in [1.807, 2.05) is 0 Å². The molecule has 1 saturated heterocycles. The number of hydrogen-bond acceptors (Lipinski definition) is 13. The number of thiol groups is 1. The number of carboxylic acid groups (broad SMARTS) is 2. The van der Waals surface area contributed by atoms with Crippen LogP contribution in [0.4, 0.5) is 14.5 Å². The van der Waals surface area contributed by atoms with Gasteiger partial charge in [0.05, 0.1) is 54.4 Å². The maximum Gasteiger partial charge on any atom is 0.321 e. The molecule has 2 aromatic rings. The number of carbonyl (C=O) groups is 7. The van der Waals surface area contributed by atoms with Crippen molar-refractivity contribution in [2.24, 2.45) is 5.73 Å². The Labute approximate surface area is 324 Å². The van der Waals surface area contributed by atoms with E-state index in [4.69, 9.17) is 21.2 Å². The van der Waals surface area contributed by atoms with Crippen molar-refractivity contribution < 1.29 is 57.7 Å². The predicted molar refractivity (Wildman–Crippen MR) is 196 cm³/mol. The van der Waals surface area contributed by atoms with Crippen molar-refractivity contribution in [3.05, 3.63) is 36.0 Å². The van der Waals surface area contributed by atoms with E-state index in [9.17, 15) is 47.4 Å². The molecule has 0 spiro atoms. The first-order valence-corrected chi connectivity index (χ1v) is 17.9. The minimum Gasteiger partial charge on any atom is -0.481 e. The Morgan fingerprint density at radius 3 is 2.45 bits per heavy atom. The minimum absolute atomic E-state index is 0.0810. The first-order chi connectivity index (χ1) is 26.5. The van der Waals surface area contributed by atoms with E-state index < -0.39 is 104 Å². The summed E-state index contributed by atoms with van der Waals surface area (Å²) in [6.07, 6.45) is -1.44. The van der Waals surface area contributed by atoms with Crippen LogP contribution in [0, 0.1) is 11.3 Å². The summed E-state index contributed by atoms with van der Waals surface area (Å²) in [4.78, 5) is 90.6. The number of anilines is 1. The molecule has 5 atom stereocenters. The fraction of sp³-hybridized carbons (Fsp3) is 0.500. The summed E-state index contributed by atoms with van der Waals surface area (Å²) < 4.78 is 27.5. The maximum atomic E-state index is 13.7. The minimum atomic E-state index is -3.21. The molecule has 56 heavy (non-hydrogen) atoms. The molecule has 22 heteroatoms. The number of aliphatic hydroxyl groups excluding tert-OH is 1. The van der Waals surface area contributed by atoms with Crippen LogP contribution in [0.15, 0.2) is 30.5 Å².